The summed E-state index contributed by atoms with van der Waals surface area (Å²) < 4.78 is 0. The third kappa shape index (κ3) is 2.80. The molecule has 0 aromatic heterocycles. The monoisotopic (exact) mass is 254 g/mol. The van der Waals surface area contributed by atoms with E-state index in [0.29, 0.717) is 16.8 Å². The molecule has 0 saturated heterocycles. The highest BCUT2D eigenvalue weighted by atomic mass is 16.1. The molecular formula is C15H14N2O2. The maximum Gasteiger partial charge on any atom is 0.213 e. The molecule has 0 spiro atoms. The molecule has 4 heteroatoms. The van der Waals surface area contributed by atoms with Crippen LogP contribution >= 0.6 is 0 Å². The lowest BCUT2D eigenvalue weighted by Gasteiger charge is -2.10. The molecule has 1 amide bonds. The summed E-state index contributed by atoms with van der Waals surface area (Å²) in [7, 11) is 1.66. The predicted octanol–water partition coefficient (Wildman–Crippen LogP) is 2.09. The number of benzene rings is 2. The second-order valence-corrected chi connectivity index (χ2v) is 4.21. The molecule has 0 bridgehead atoms. The second kappa shape index (κ2) is 5.35. The molecule has 19 heavy (non-hydrogen) atoms. The third-order valence-corrected chi connectivity index (χ3v) is 2.87. The van der Waals surface area contributed by atoms with Gasteiger partial charge >= 0.3 is 0 Å². The van der Waals surface area contributed by atoms with Crippen LogP contribution in [-0.2, 0) is 4.79 Å². The van der Waals surface area contributed by atoms with Crippen LogP contribution in [0.15, 0.2) is 48.5 Å². The summed E-state index contributed by atoms with van der Waals surface area (Å²) in [5.74, 6) is -0.0692. The summed E-state index contributed by atoms with van der Waals surface area (Å²) in [6, 6.07) is 13.7. The first kappa shape index (κ1) is 12.8. The van der Waals surface area contributed by atoms with Gasteiger partial charge in [0.15, 0.2) is 5.78 Å². The summed E-state index contributed by atoms with van der Waals surface area (Å²) in [5.41, 5.74) is 8.11. The highest BCUT2D eigenvalue weighted by molar-refractivity contribution is 6.09. The van der Waals surface area contributed by atoms with Crippen LogP contribution in [0.2, 0.25) is 0 Å². The van der Waals surface area contributed by atoms with E-state index in [9.17, 15) is 9.59 Å². The van der Waals surface area contributed by atoms with E-state index in [1.165, 1.54) is 4.90 Å². The van der Waals surface area contributed by atoms with Crippen LogP contribution in [0.25, 0.3) is 0 Å². The highest BCUT2D eigenvalue weighted by Crippen LogP contribution is 2.16. The molecule has 2 aromatic carbocycles. The average molecular weight is 254 g/mol. The van der Waals surface area contributed by atoms with Crippen molar-refractivity contribution in [1.29, 1.82) is 0 Å². The van der Waals surface area contributed by atoms with Crippen molar-refractivity contribution in [1.82, 2.24) is 0 Å². The predicted molar refractivity (Wildman–Crippen MR) is 75.2 cm³/mol. The number of nitrogens with two attached hydrogens (primary N) is 1. The minimum atomic E-state index is -0.0692. The number of carbonyl (C=O) groups is 2. The fourth-order valence-electron chi connectivity index (χ4n) is 1.71. The highest BCUT2D eigenvalue weighted by Gasteiger charge is 2.09. The lowest BCUT2D eigenvalue weighted by atomic mass is 10.0. The van der Waals surface area contributed by atoms with Crippen LogP contribution in [0.1, 0.15) is 15.9 Å². The maximum absolute atomic E-state index is 12.2. The fraction of sp³-hybridized carbons (Fsp3) is 0.0667. The molecule has 96 valence electrons. The second-order valence-electron chi connectivity index (χ2n) is 4.21. The van der Waals surface area contributed by atoms with E-state index in [-0.39, 0.29) is 5.78 Å². The number of nitrogen functional groups attached to an aromatic ring is 1. The zero-order chi connectivity index (χ0) is 13.8. The molecule has 0 fully saturated rings. The lowest BCUT2D eigenvalue weighted by Crippen LogP contribution is -2.13. The zero-order valence-electron chi connectivity index (χ0n) is 10.5. The van der Waals surface area contributed by atoms with Crippen molar-refractivity contribution < 1.29 is 9.59 Å². The quantitative estimate of drug-likeness (QED) is 0.516. The van der Waals surface area contributed by atoms with E-state index in [0.717, 1.165) is 12.1 Å². The molecule has 0 aliphatic heterocycles. The molecule has 0 unspecified atom stereocenters. The Morgan fingerprint density at radius 1 is 1.00 bits per heavy atom. The maximum atomic E-state index is 12.2. The number of ketones is 1. The van der Waals surface area contributed by atoms with Gasteiger partial charge in [0, 0.05) is 29.5 Å². The normalized spacial score (nSPS) is 9.95. The Morgan fingerprint density at radius 3 is 1.95 bits per heavy atom. The van der Waals surface area contributed by atoms with E-state index in [4.69, 9.17) is 5.73 Å². The van der Waals surface area contributed by atoms with Gasteiger partial charge < -0.3 is 10.6 Å². The molecule has 0 aliphatic rings. The van der Waals surface area contributed by atoms with Crippen LogP contribution < -0.4 is 10.6 Å². The first-order valence-corrected chi connectivity index (χ1v) is 5.80. The Balaban J connectivity index is 2.24. The summed E-state index contributed by atoms with van der Waals surface area (Å²) in [6.07, 6.45) is 0.719. The summed E-state index contributed by atoms with van der Waals surface area (Å²) in [5, 5.41) is 0. The molecule has 2 aromatic rings. The first-order valence-electron chi connectivity index (χ1n) is 5.80. The number of hydrogen-bond donors (Lipinski definition) is 1. The van der Waals surface area contributed by atoms with Gasteiger partial charge in [-0.05, 0) is 48.5 Å². The smallest absolute Gasteiger partial charge is 0.213 e. The number of hydrogen-bond acceptors (Lipinski definition) is 3. The number of nitrogens with zero attached hydrogens (tertiary/aromatic N) is 1. The van der Waals surface area contributed by atoms with E-state index in [1.807, 2.05) is 0 Å². The molecular weight excluding hydrogens is 240 g/mol. The van der Waals surface area contributed by atoms with Crippen LogP contribution in [0.4, 0.5) is 11.4 Å². The van der Waals surface area contributed by atoms with Crippen molar-refractivity contribution in [3.8, 4) is 0 Å². The van der Waals surface area contributed by atoms with Gasteiger partial charge in [0.2, 0.25) is 6.41 Å². The van der Waals surface area contributed by atoms with E-state index < -0.39 is 0 Å². The van der Waals surface area contributed by atoms with Crippen LogP contribution in [0.3, 0.4) is 0 Å². The Hall–Kier alpha value is -2.62. The molecule has 2 rings (SSSR count). The van der Waals surface area contributed by atoms with Gasteiger partial charge in [-0.2, -0.15) is 0 Å². The Morgan fingerprint density at radius 2 is 1.47 bits per heavy atom. The molecule has 4 nitrogen and oxygen atoms in total. The van der Waals surface area contributed by atoms with Gasteiger partial charge in [0.05, 0.1) is 0 Å². The standard InChI is InChI=1S/C15H14N2O2/c1-17(10-18)14-8-4-12(5-9-14)15(19)11-2-6-13(16)7-3-11/h2-10H,16H2,1H3. The van der Waals surface area contributed by atoms with Crippen LogP contribution in [0, 0.1) is 0 Å². The minimum Gasteiger partial charge on any atom is -0.399 e. The number of carbonyl (C=O) groups excluding carboxylic acids is 2. The van der Waals surface area contributed by atoms with Crippen molar-refractivity contribution in [2.24, 2.45) is 0 Å². The molecule has 0 radical (unpaired) electrons. The summed E-state index contributed by atoms with van der Waals surface area (Å²) >= 11 is 0. The summed E-state index contributed by atoms with van der Waals surface area (Å²) in [6.45, 7) is 0. The molecule has 0 saturated carbocycles. The van der Waals surface area contributed by atoms with E-state index in [1.54, 1.807) is 55.6 Å². The first-order chi connectivity index (χ1) is 9.11. The summed E-state index contributed by atoms with van der Waals surface area (Å²) in [4.78, 5) is 24.3. The largest absolute Gasteiger partial charge is 0.399 e. The third-order valence-electron chi connectivity index (χ3n) is 2.87. The number of rotatable bonds is 4. The van der Waals surface area contributed by atoms with Crippen molar-refractivity contribution in [2.75, 3.05) is 17.7 Å². The van der Waals surface area contributed by atoms with Gasteiger partial charge in [0.1, 0.15) is 0 Å². The molecule has 2 N–H and O–H groups in total. The van der Waals surface area contributed by atoms with Gasteiger partial charge in [-0.1, -0.05) is 0 Å². The fourth-order valence-corrected chi connectivity index (χ4v) is 1.71. The zero-order valence-corrected chi connectivity index (χ0v) is 10.5. The van der Waals surface area contributed by atoms with Gasteiger partial charge in [0.25, 0.3) is 0 Å². The number of amides is 1. The Bertz CT molecular complexity index is 589. The van der Waals surface area contributed by atoms with Gasteiger partial charge in [-0.25, -0.2) is 0 Å². The van der Waals surface area contributed by atoms with Crippen molar-refractivity contribution in [3.05, 3.63) is 59.7 Å². The topological polar surface area (TPSA) is 63.4 Å². The minimum absolute atomic E-state index is 0.0692. The molecule has 0 aliphatic carbocycles. The number of anilines is 2. The van der Waals surface area contributed by atoms with Crippen LogP contribution in [0.5, 0.6) is 0 Å². The lowest BCUT2D eigenvalue weighted by molar-refractivity contribution is -0.107. The van der Waals surface area contributed by atoms with Crippen molar-refractivity contribution in [2.45, 2.75) is 0 Å². The van der Waals surface area contributed by atoms with E-state index >= 15 is 0 Å². The van der Waals surface area contributed by atoms with Gasteiger partial charge in [-0.15, -0.1) is 0 Å². The van der Waals surface area contributed by atoms with Crippen molar-refractivity contribution in [3.63, 3.8) is 0 Å². The van der Waals surface area contributed by atoms with Gasteiger partial charge in [-0.3, -0.25) is 9.59 Å². The Labute approximate surface area is 111 Å². The van der Waals surface area contributed by atoms with Crippen LogP contribution in [-0.4, -0.2) is 19.2 Å². The Kier molecular flexibility index (Phi) is 3.61. The molecule has 0 atom stereocenters. The van der Waals surface area contributed by atoms with Crippen molar-refractivity contribution >= 4 is 23.6 Å². The average Bonchev–Trinajstić information content (AvgIpc) is 2.46. The SMILES string of the molecule is CN(C=O)c1ccc(C(=O)c2ccc(N)cc2)cc1. The van der Waals surface area contributed by atoms with E-state index in [2.05, 4.69) is 0 Å². The molecule has 0 heterocycles.